The molecule has 0 saturated heterocycles. The van der Waals surface area contributed by atoms with Gasteiger partial charge in [-0.15, -0.1) is 16.4 Å². The Labute approximate surface area is 233 Å². The van der Waals surface area contributed by atoms with Gasteiger partial charge in [-0.25, -0.2) is 4.68 Å². The number of thiophene rings is 1. The van der Waals surface area contributed by atoms with Gasteiger partial charge in [-0.05, 0) is 60.3 Å². The Morgan fingerprint density at radius 2 is 1.79 bits per heavy atom. The van der Waals surface area contributed by atoms with E-state index in [2.05, 4.69) is 17.0 Å². The molecule has 0 aliphatic rings. The van der Waals surface area contributed by atoms with Crippen LogP contribution in [-0.4, -0.2) is 31.0 Å². The molecule has 0 amide bonds. The van der Waals surface area contributed by atoms with Gasteiger partial charge in [-0.2, -0.15) is 14.6 Å². The molecule has 0 N–H and O–H groups in total. The van der Waals surface area contributed by atoms with Gasteiger partial charge in [-0.1, -0.05) is 61.8 Å². The molecule has 2 aromatic carbocycles. The number of unbranched alkanes of at least 4 members (excludes halogenated alkanes) is 3. The summed E-state index contributed by atoms with van der Waals surface area (Å²) in [6.45, 7) is 2.92. The van der Waals surface area contributed by atoms with Crippen molar-refractivity contribution in [2.75, 3.05) is 6.61 Å². The van der Waals surface area contributed by atoms with Crippen LogP contribution in [0.2, 0.25) is 0 Å². The lowest BCUT2D eigenvalue weighted by Crippen LogP contribution is -2.23. The molecule has 4 aromatic heterocycles. The molecule has 0 fully saturated rings. The quantitative estimate of drug-likeness (QED) is 0.188. The maximum absolute atomic E-state index is 13.3. The Kier molecular flexibility index (Phi) is 7.33. The van der Waals surface area contributed by atoms with Gasteiger partial charge in [0.05, 0.1) is 21.7 Å². The predicted octanol–water partition coefficient (Wildman–Crippen LogP) is 6.24. The minimum atomic E-state index is -0.185. The third-order valence-electron chi connectivity index (χ3n) is 6.37. The van der Waals surface area contributed by atoms with E-state index in [1.54, 1.807) is 11.3 Å². The highest BCUT2D eigenvalue weighted by Gasteiger charge is 2.15. The van der Waals surface area contributed by atoms with Crippen LogP contribution in [0.1, 0.15) is 38.2 Å². The molecule has 0 spiro atoms. The van der Waals surface area contributed by atoms with E-state index in [-0.39, 0.29) is 5.56 Å². The van der Waals surface area contributed by atoms with Crippen LogP contribution < -0.4 is 14.8 Å². The predicted molar refractivity (Wildman–Crippen MR) is 158 cm³/mol. The zero-order valence-corrected chi connectivity index (χ0v) is 23.1. The molecular formula is C30H27N5O2S2. The SMILES string of the molecule is CCCCCCOc1ccc(-c2nn(-c3ccccc3)cc2C=c2sc3nc(-c4cccs4)nn3c2=O)cc1. The molecule has 0 saturated carbocycles. The number of benzene rings is 2. The summed E-state index contributed by atoms with van der Waals surface area (Å²) in [5, 5.41) is 11.3. The van der Waals surface area contributed by atoms with Crippen LogP contribution >= 0.6 is 22.7 Å². The molecular weight excluding hydrogens is 526 g/mol. The zero-order valence-electron chi connectivity index (χ0n) is 21.5. The summed E-state index contributed by atoms with van der Waals surface area (Å²) in [5.41, 5.74) is 3.32. The summed E-state index contributed by atoms with van der Waals surface area (Å²) in [6.07, 6.45) is 8.52. The molecule has 6 rings (SSSR count). The fourth-order valence-electron chi connectivity index (χ4n) is 4.34. The first-order valence-electron chi connectivity index (χ1n) is 13.0. The van der Waals surface area contributed by atoms with Crippen molar-refractivity contribution in [1.82, 2.24) is 24.4 Å². The molecule has 39 heavy (non-hydrogen) atoms. The number of rotatable bonds is 10. The van der Waals surface area contributed by atoms with Crippen molar-refractivity contribution < 1.29 is 4.74 Å². The summed E-state index contributed by atoms with van der Waals surface area (Å²) >= 11 is 2.88. The topological polar surface area (TPSA) is 74.3 Å². The molecule has 0 aliphatic carbocycles. The monoisotopic (exact) mass is 553 g/mol. The number of para-hydroxylation sites is 1. The molecule has 0 atom stereocenters. The maximum Gasteiger partial charge on any atom is 0.291 e. The van der Waals surface area contributed by atoms with Gasteiger partial charge in [0.15, 0.2) is 5.82 Å². The highest BCUT2D eigenvalue weighted by atomic mass is 32.1. The van der Waals surface area contributed by atoms with Crippen molar-refractivity contribution in [3.63, 3.8) is 0 Å². The summed E-state index contributed by atoms with van der Waals surface area (Å²) < 4.78 is 9.72. The van der Waals surface area contributed by atoms with Crippen molar-refractivity contribution in [3.05, 3.63) is 98.8 Å². The minimum absolute atomic E-state index is 0.185. The van der Waals surface area contributed by atoms with Crippen molar-refractivity contribution in [3.8, 4) is 33.4 Å². The molecule has 0 aliphatic heterocycles. The number of fused-ring (bicyclic) bond motifs is 1. The van der Waals surface area contributed by atoms with E-state index in [0.717, 1.165) is 46.2 Å². The lowest BCUT2D eigenvalue weighted by Gasteiger charge is -2.07. The van der Waals surface area contributed by atoms with E-state index in [1.165, 1.54) is 35.1 Å². The normalized spacial score (nSPS) is 12.0. The van der Waals surface area contributed by atoms with Crippen LogP contribution in [0.4, 0.5) is 0 Å². The molecule has 0 radical (unpaired) electrons. The Bertz CT molecular complexity index is 1790. The van der Waals surface area contributed by atoms with Gasteiger partial charge in [0.25, 0.3) is 5.56 Å². The number of thiazole rings is 1. The first kappa shape index (κ1) is 25.2. The van der Waals surface area contributed by atoms with E-state index in [0.29, 0.717) is 15.3 Å². The summed E-state index contributed by atoms with van der Waals surface area (Å²) in [7, 11) is 0. The lowest BCUT2D eigenvalue weighted by molar-refractivity contribution is 0.305. The smallest absolute Gasteiger partial charge is 0.291 e. The molecule has 9 heteroatoms. The summed E-state index contributed by atoms with van der Waals surface area (Å²) in [4.78, 5) is 19.4. The number of ether oxygens (including phenoxy) is 1. The van der Waals surface area contributed by atoms with Crippen LogP contribution in [0, 0.1) is 0 Å². The average molecular weight is 554 g/mol. The van der Waals surface area contributed by atoms with Gasteiger partial charge >= 0.3 is 0 Å². The summed E-state index contributed by atoms with van der Waals surface area (Å²) in [5.74, 6) is 1.42. The third-order valence-corrected chi connectivity index (χ3v) is 8.19. The first-order chi connectivity index (χ1) is 19.2. The molecule has 0 unspecified atom stereocenters. The van der Waals surface area contributed by atoms with Gasteiger partial charge in [0.1, 0.15) is 11.4 Å². The molecule has 7 nitrogen and oxygen atoms in total. The van der Waals surface area contributed by atoms with Crippen molar-refractivity contribution in [1.29, 1.82) is 0 Å². The minimum Gasteiger partial charge on any atom is -0.494 e. The Morgan fingerprint density at radius 3 is 2.54 bits per heavy atom. The number of hydrogen-bond acceptors (Lipinski definition) is 7. The van der Waals surface area contributed by atoms with Crippen LogP contribution in [0.25, 0.3) is 38.7 Å². The van der Waals surface area contributed by atoms with Gasteiger partial charge < -0.3 is 4.74 Å². The van der Waals surface area contributed by atoms with Gasteiger partial charge in [0, 0.05) is 17.3 Å². The van der Waals surface area contributed by atoms with E-state index in [9.17, 15) is 4.79 Å². The molecule has 6 aromatic rings. The van der Waals surface area contributed by atoms with Crippen LogP contribution in [0.5, 0.6) is 5.75 Å². The van der Waals surface area contributed by atoms with E-state index < -0.39 is 0 Å². The van der Waals surface area contributed by atoms with Crippen molar-refractivity contribution in [2.24, 2.45) is 0 Å². The maximum atomic E-state index is 13.3. The zero-order chi connectivity index (χ0) is 26.6. The Hall–Kier alpha value is -4.08. The van der Waals surface area contributed by atoms with Gasteiger partial charge in [-0.3, -0.25) is 4.79 Å². The van der Waals surface area contributed by atoms with E-state index in [1.807, 2.05) is 89.1 Å². The Balaban J connectivity index is 1.35. The largest absolute Gasteiger partial charge is 0.494 e. The number of nitrogens with zero attached hydrogens (tertiary/aromatic N) is 5. The second-order valence-corrected chi connectivity index (χ2v) is 11.1. The van der Waals surface area contributed by atoms with E-state index >= 15 is 0 Å². The van der Waals surface area contributed by atoms with Crippen LogP contribution in [-0.2, 0) is 0 Å². The van der Waals surface area contributed by atoms with Crippen LogP contribution in [0.15, 0.2) is 83.1 Å². The Morgan fingerprint density at radius 1 is 0.949 bits per heavy atom. The molecule has 196 valence electrons. The molecule has 4 heterocycles. The standard InChI is InChI=1S/C30H27N5O2S2/c1-2-3-4-8-17-37-24-15-13-21(14-16-24)27-22(20-34(32-27)23-10-6-5-7-11-23)19-26-29(36)35-30(39-26)31-28(33-35)25-12-9-18-38-25/h5-7,9-16,18-20H,2-4,8,17H2,1H3. The fourth-order valence-corrected chi connectivity index (χ4v) is 5.89. The average Bonchev–Trinajstić information content (AvgIpc) is 3.76. The van der Waals surface area contributed by atoms with Gasteiger partial charge in [0.2, 0.25) is 4.96 Å². The first-order valence-corrected chi connectivity index (χ1v) is 14.7. The van der Waals surface area contributed by atoms with Crippen molar-refractivity contribution >= 4 is 33.7 Å². The number of aromatic nitrogens is 5. The highest BCUT2D eigenvalue weighted by Crippen LogP contribution is 2.27. The highest BCUT2D eigenvalue weighted by molar-refractivity contribution is 7.15. The van der Waals surface area contributed by atoms with E-state index in [4.69, 9.17) is 9.84 Å². The molecule has 0 bridgehead atoms. The van der Waals surface area contributed by atoms with Crippen molar-refractivity contribution in [2.45, 2.75) is 32.6 Å². The second kappa shape index (κ2) is 11.3. The summed E-state index contributed by atoms with van der Waals surface area (Å²) in [6, 6.07) is 21.8. The fraction of sp³-hybridized carbons (Fsp3) is 0.200. The third kappa shape index (κ3) is 5.41. The van der Waals surface area contributed by atoms with Crippen LogP contribution in [0.3, 0.4) is 0 Å². The second-order valence-electron chi connectivity index (χ2n) is 9.17. The number of hydrogen-bond donors (Lipinski definition) is 0. The lowest BCUT2D eigenvalue weighted by atomic mass is 10.1.